The Kier molecular flexibility index (Phi) is 7.34. The SMILES string of the molecule is Cc1ccc(S(=O)(=O)c2cc(Nc3ccc([N+](=O)[O-])cc3[N+](=O)[O-])ccc2NS(=O)(=O)c2ccccc2)cc1. The second-order valence-corrected chi connectivity index (χ2v) is 11.9. The molecule has 2 N–H and O–H groups in total. The number of nitro groups is 2. The summed E-state index contributed by atoms with van der Waals surface area (Å²) in [4.78, 5) is 20.4. The van der Waals surface area contributed by atoms with Crippen molar-refractivity contribution in [2.24, 2.45) is 0 Å². The van der Waals surface area contributed by atoms with Crippen molar-refractivity contribution in [3.8, 4) is 0 Å². The van der Waals surface area contributed by atoms with E-state index < -0.39 is 46.0 Å². The first-order chi connectivity index (χ1) is 18.4. The van der Waals surface area contributed by atoms with Gasteiger partial charge in [0.25, 0.3) is 21.4 Å². The molecule has 14 heteroatoms. The van der Waals surface area contributed by atoms with Crippen LogP contribution in [0, 0.1) is 27.2 Å². The van der Waals surface area contributed by atoms with Crippen LogP contribution >= 0.6 is 0 Å². The van der Waals surface area contributed by atoms with E-state index in [2.05, 4.69) is 10.0 Å². The summed E-state index contributed by atoms with van der Waals surface area (Å²) in [7, 11) is -8.47. The maximum absolute atomic E-state index is 13.6. The number of nitro benzene ring substituents is 2. The van der Waals surface area contributed by atoms with Gasteiger partial charge in [-0.3, -0.25) is 25.0 Å². The third-order valence-corrected chi connectivity index (χ3v) is 8.76. The number of sulfonamides is 1. The van der Waals surface area contributed by atoms with Crippen molar-refractivity contribution in [1.29, 1.82) is 0 Å². The molecule has 0 spiro atoms. The molecule has 4 aromatic rings. The zero-order valence-corrected chi connectivity index (χ0v) is 21.8. The average Bonchev–Trinajstić information content (AvgIpc) is 2.90. The molecule has 4 aromatic carbocycles. The van der Waals surface area contributed by atoms with Gasteiger partial charge < -0.3 is 5.32 Å². The molecule has 0 heterocycles. The van der Waals surface area contributed by atoms with Crippen LogP contribution < -0.4 is 10.0 Å². The van der Waals surface area contributed by atoms with E-state index in [0.717, 1.165) is 29.8 Å². The third kappa shape index (κ3) is 5.86. The highest BCUT2D eigenvalue weighted by Crippen LogP contribution is 2.36. The first-order valence-electron chi connectivity index (χ1n) is 11.1. The Balaban J connectivity index is 1.83. The Morgan fingerprint density at radius 3 is 1.95 bits per heavy atom. The summed E-state index contributed by atoms with van der Waals surface area (Å²) in [5, 5.41) is 25.3. The maximum atomic E-state index is 13.6. The number of non-ortho nitro benzene ring substituents is 1. The first kappa shape index (κ1) is 27.2. The van der Waals surface area contributed by atoms with Gasteiger partial charge in [-0.2, -0.15) is 0 Å². The lowest BCUT2D eigenvalue weighted by atomic mass is 10.2. The van der Waals surface area contributed by atoms with E-state index in [0.29, 0.717) is 0 Å². The van der Waals surface area contributed by atoms with Gasteiger partial charge in [0.1, 0.15) is 5.69 Å². The number of anilines is 3. The molecule has 0 bridgehead atoms. The van der Waals surface area contributed by atoms with Crippen molar-refractivity contribution < 1.29 is 26.7 Å². The number of hydrogen-bond acceptors (Lipinski definition) is 9. The molecule has 0 atom stereocenters. The van der Waals surface area contributed by atoms with Gasteiger partial charge in [0.2, 0.25) is 9.84 Å². The molecule has 0 aliphatic rings. The Morgan fingerprint density at radius 2 is 1.33 bits per heavy atom. The number of sulfone groups is 1. The van der Waals surface area contributed by atoms with Gasteiger partial charge in [-0.1, -0.05) is 35.9 Å². The number of hydrogen-bond donors (Lipinski definition) is 2. The fourth-order valence-corrected chi connectivity index (χ4v) is 6.20. The number of nitrogens with zero attached hydrogens (tertiary/aromatic N) is 2. The Labute approximate surface area is 223 Å². The number of rotatable bonds is 9. The molecule has 0 saturated heterocycles. The van der Waals surface area contributed by atoms with E-state index in [4.69, 9.17) is 0 Å². The van der Waals surface area contributed by atoms with Crippen LogP contribution in [-0.4, -0.2) is 26.7 Å². The normalized spacial score (nSPS) is 11.5. The standard InChI is InChI=1S/C25H20N4O8S2/c1-17-7-11-20(12-8-17)38(34,35)25-15-18(26-22-14-10-19(28(30)31)16-24(22)29(32)33)9-13-23(25)27-39(36,37)21-5-3-2-4-6-21/h2-16,26-27H,1H3. The number of aryl methyl sites for hydroxylation is 1. The summed E-state index contributed by atoms with van der Waals surface area (Å²) >= 11 is 0. The lowest BCUT2D eigenvalue weighted by Gasteiger charge is -2.16. The summed E-state index contributed by atoms with van der Waals surface area (Å²) in [6, 6.07) is 19.9. The molecular formula is C25H20N4O8S2. The summed E-state index contributed by atoms with van der Waals surface area (Å²) in [6.45, 7) is 1.78. The third-order valence-electron chi connectivity index (χ3n) is 5.57. The van der Waals surface area contributed by atoms with Crippen molar-refractivity contribution in [2.45, 2.75) is 21.6 Å². The molecule has 0 aromatic heterocycles. The lowest BCUT2D eigenvalue weighted by Crippen LogP contribution is -2.16. The minimum absolute atomic E-state index is 0.0558. The van der Waals surface area contributed by atoms with Crippen LogP contribution in [0.5, 0.6) is 0 Å². The number of nitrogens with one attached hydrogen (secondary N) is 2. The summed E-state index contributed by atoms with van der Waals surface area (Å²) < 4.78 is 55.6. The molecule has 0 radical (unpaired) electrons. The molecule has 0 saturated carbocycles. The molecule has 0 unspecified atom stereocenters. The quantitative estimate of drug-likeness (QED) is 0.203. The second kappa shape index (κ2) is 10.5. The minimum atomic E-state index is -4.29. The highest BCUT2D eigenvalue weighted by atomic mass is 32.2. The predicted octanol–water partition coefficient (Wildman–Crippen LogP) is 5.19. The fourth-order valence-electron chi connectivity index (χ4n) is 3.60. The van der Waals surface area contributed by atoms with Gasteiger partial charge in [0.05, 0.1) is 36.3 Å². The molecule has 0 fully saturated rings. The fraction of sp³-hybridized carbons (Fsp3) is 0.0400. The second-order valence-electron chi connectivity index (χ2n) is 8.29. The van der Waals surface area contributed by atoms with Crippen molar-refractivity contribution in [3.63, 3.8) is 0 Å². The summed E-state index contributed by atoms with van der Waals surface area (Å²) in [5.41, 5.74) is -0.633. The summed E-state index contributed by atoms with van der Waals surface area (Å²) in [6.07, 6.45) is 0. The molecular weight excluding hydrogens is 548 g/mol. The van der Waals surface area contributed by atoms with E-state index in [9.17, 15) is 37.1 Å². The highest BCUT2D eigenvalue weighted by Gasteiger charge is 2.26. The Morgan fingerprint density at radius 1 is 0.692 bits per heavy atom. The van der Waals surface area contributed by atoms with Crippen molar-refractivity contribution in [3.05, 3.63) is 117 Å². The van der Waals surface area contributed by atoms with Crippen LogP contribution in [0.4, 0.5) is 28.4 Å². The van der Waals surface area contributed by atoms with Crippen LogP contribution in [0.3, 0.4) is 0 Å². The summed E-state index contributed by atoms with van der Waals surface area (Å²) in [5.74, 6) is 0. The largest absolute Gasteiger partial charge is 0.350 e. The molecule has 0 aliphatic carbocycles. The van der Waals surface area contributed by atoms with E-state index in [1.165, 1.54) is 48.5 Å². The van der Waals surface area contributed by atoms with Crippen LogP contribution in [0.25, 0.3) is 0 Å². The van der Waals surface area contributed by atoms with Gasteiger partial charge >= 0.3 is 0 Å². The average molecular weight is 569 g/mol. The molecule has 39 heavy (non-hydrogen) atoms. The first-order valence-corrected chi connectivity index (χ1v) is 14.1. The predicted molar refractivity (Wildman–Crippen MR) is 143 cm³/mol. The lowest BCUT2D eigenvalue weighted by molar-refractivity contribution is -0.393. The van der Waals surface area contributed by atoms with Crippen molar-refractivity contribution in [1.82, 2.24) is 0 Å². The van der Waals surface area contributed by atoms with Crippen LogP contribution in [0.2, 0.25) is 0 Å². The van der Waals surface area contributed by atoms with E-state index in [1.807, 2.05) is 0 Å². The molecule has 200 valence electrons. The van der Waals surface area contributed by atoms with Crippen LogP contribution in [-0.2, 0) is 19.9 Å². The van der Waals surface area contributed by atoms with E-state index in [1.54, 1.807) is 25.1 Å². The van der Waals surface area contributed by atoms with Crippen molar-refractivity contribution >= 4 is 48.3 Å². The minimum Gasteiger partial charge on any atom is -0.350 e. The zero-order chi connectivity index (χ0) is 28.4. The van der Waals surface area contributed by atoms with Gasteiger partial charge in [-0.15, -0.1) is 0 Å². The zero-order valence-electron chi connectivity index (χ0n) is 20.1. The molecule has 12 nitrogen and oxygen atoms in total. The van der Waals surface area contributed by atoms with E-state index in [-0.39, 0.29) is 26.9 Å². The van der Waals surface area contributed by atoms with Crippen molar-refractivity contribution in [2.75, 3.05) is 10.0 Å². The molecule has 0 amide bonds. The van der Waals surface area contributed by atoms with Gasteiger partial charge in [0.15, 0.2) is 0 Å². The highest BCUT2D eigenvalue weighted by molar-refractivity contribution is 7.93. The van der Waals surface area contributed by atoms with Crippen LogP contribution in [0.1, 0.15) is 5.56 Å². The number of benzene rings is 4. The van der Waals surface area contributed by atoms with Gasteiger partial charge in [0, 0.05) is 11.8 Å². The smallest absolute Gasteiger partial charge is 0.299 e. The monoisotopic (exact) mass is 568 g/mol. The molecule has 4 rings (SSSR count). The Bertz CT molecular complexity index is 1790. The van der Waals surface area contributed by atoms with Crippen LogP contribution in [0.15, 0.2) is 106 Å². The maximum Gasteiger partial charge on any atom is 0.299 e. The van der Waals surface area contributed by atoms with Gasteiger partial charge in [-0.25, -0.2) is 16.8 Å². The Hall–Kier alpha value is -4.82. The molecule has 0 aliphatic heterocycles. The van der Waals surface area contributed by atoms with E-state index >= 15 is 0 Å². The topological polar surface area (TPSA) is 179 Å². The van der Waals surface area contributed by atoms with Gasteiger partial charge in [-0.05, 0) is 55.5 Å².